The van der Waals surface area contributed by atoms with E-state index >= 15 is 0 Å². The second-order valence-electron chi connectivity index (χ2n) is 9.18. The number of nitrogens with one attached hydrogen (secondary N) is 2. The lowest BCUT2D eigenvalue weighted by Gasteiger charge is -2.25. The molecular formula is C28H29FN4O3. The van der Waals surface area contributed by atoms with Crippen molar-refractivity contribution in [2.75, 3.05) is 18.5 Å². The molecule has 0 aliphatic carbocycles. The average Bonchev–Trinajstić information content (AvgIpc) is 3.51. The molecule has 1 aliphatic rings. The topological polar surface area (TPSA) is 101 Å². The molecule has 4 aromatic rings. The Morgan fingerprint density at radius 3 is 2.78 bits per heavy atom. The highest BCUT2D eigenvalue weighted by molar-refractivity contribution is 6.06. The number of benzene rings is 2. The number of aliphatic hydroxyl groups is 1. The highest BCUT2D eigenvalue weighted by Gasteiger charge is 2.25. The van der Waals surface area contributed by atoms with E-state index in [-0.39, 0.29) is 24.0 Å². The number of nitrogens with zero attached hydrogens (tertiary/aromatic N) is 2. The Balaban J connectivity index is 1.56. The lowest BCUT2D eigenvalue weighted by molar-refractivity contribution is 0.0697. The molecule has 8 heteroatoms. The number of halogens is 1. The van der Waals surface area contributed by atoms with Gasteiger partial charge in [0.05, 0.1) is 12.3 Å². The monoisotopic (exact) mass is 488 g/mol. The predicted molar refractivity (Wildman–Crippen MR) is 138 cm³/mol. The first-order chi connectivity index (χ1) is 17.5. The van der Waals surface area contributed by atoms with Gasteiger partial charge in [-0.25, -0.2) is 14.2 Å². The van der Waals surface area contributed by atoms with Gasteiger partial charge in [-0.2, -0.15) is 0 Å². The molecule has 0 radical (unpaired) electrons. The van der Waals surface area contributed by atoms with Crippen molar-refractivity contribution >= 4 is 28.4 Å². The van der Waals surface area contributed by atoms with Gasteiger partial charge in [-0.3, -0.25) is 4.90 Å². The highest BCUT2D eigenvalue weighted by Crippen LogP contribution is 2.35. The van der Waals surface area contributed by atoms with Crippen molar-refractivity contribution in [3.63, 3.8) is 0 Å². The largest absolute Gasteiger partial charge is 0.478 e. The Hall–Kier alpha value is -3.75. The molecule has 36 heavy (non-hydrogen) atoms. The first-order valence-electron chi connectivity index (χ1n) is 12.2. The summed E-state index contributed by atoms with van der Waals surface area (Å²) >= 11 is 0. The Morgan fingerprint density at radius 1 is 1.25 bits per heavy atom. The van der Waals surface area contributed by atoms with E-state index in [9.17, 15) is 19.4 Å². The number of anilines is 2. The Kier molecular flexibility index (Phi) is 6.71. The molecule has 1 saturated heterocycles. The van der Waals surface area contributed by atoms with Gasteiger partial charge in [0.25, 0.3) is 0 Å². The fourth-order valence-corrected chi connectivity index (χ4v) is 5.14. The Morgan fingerprint density at radius 2 is 2.06 bits per heavy atom. The number of rotatable bonds is 8. The standard InChI is InChI=1S/C28H29FN4O3/c1-2-21-18(15-33-12-4-6-20(33)16-34)5-3-7-24(21)31-26-22-13-25(17-8-10-19(29)11-9-17)32-27(22)30-14-23(26)28(35)36/h3,5,7-11,13-14,20,34H,2,4,6,12,15-16H2,1H3,(H,35,36)(H2,30,31,32)/t20-/m1/s1. The summed E-state index contributed by atoms with van der Waals surface area (Å²) < 4.78 is 13.4. The van der Waals surface area contributed by atoms with Crippen LogP contribution in [0.4, 0.5) is 15.8 Å². The molecule has 1 aliphatic heterocycles. The molecule has 0 amide bonds. The molecule has 186 valence electrons. The highest BCUT2D eigenvalue weighted by atomic mass is 19.1. The maximum atomic E-state index is 13.4. The summed E-state index contributed by atoms with van der Waals surface area (Å²) in [6, 6.07) is 14.2. The number of carboxylic acids is 1. The van der Waals surface area contributed by atoms with Crippen LogP contribution >= 0.6 is 0 Å². The van der Waals surface area contributed by atoms with Crippen LogP contribution < -0.4 is 5.32 Å². The van der Waals surface area contributed by atoms with Crippen molar-refractivity contribution in [2.24, 2.45) is 0 Å². The van der Waals surface area contributed by atoms with E-state index in [1.54, 1.807) is 12.1 Å². The van der Waals surface area contributed by atoms with Crippen molar-refractivity contribution < 1.29 is 19.4 Å². The van der Waals surface area contributed by atoms with Crippen molar-refractivity contribution in [1.82, 2.24) is 14.9 Å². The number of likely N-dealkylation sites (tertiary alicyclic amines) is 1. The van der Waals surface area contributed by atoms with E-state index in [0.29, 0.717) is 16.7 Å². The molecule has 3 heterocycles. The Labute approximate surface area is 208 Å². The molecule has 0 spiro atoms. The maximum absolute atomic E-state index is 13.4. The van der Waals surface area contributed by atoms with Gasteiger partial charge < -0.3 is 20.5 Å². The first-order valence-corrected chi connectivity index (χ1v) is 12.2. The van der Waals surface area contributed by atoms with Crippen molar-refractivity contribution in [3.8, 4) is 11.3 Å². The molecule has 0 unspecified atom stereocenters. The maximum Gasteiger partial charge on any atom is 0.339 e. The van der Waals surface area contributed by atoms with Crippen LogP contribution in [0.5, 0.6) is 0 Å². The minimum absolute atomic E-state index is 0.0690. The number of aliphatic hydroxyl groups excluding tert-OH is 1. The van der Waals surface area contributed by atoms with Gasteiger partial charge in [0.15, 0.2) is 0 Å². The summed E-state index contributed by atoms with van der Waals surface area (Å²) in [5, 5.41) is 23.7. The van der Waals surface area contributed by atoms with Gasteiger partial charge in [0.1, 0.15) is 17.0 Å². The zero-order chi connectivity index (χ0) is 25.2. The van der Waals surface area contributed by atoms with Crippen molar-refractivity contribution in [3.05, 3.63) is 77.2 Å². The second kappa shape index (κ2) is 10.1. The second-order valence-corrected chi connectivity index (χ2v) is 9.18. The molecule has 0 bridgehead atoms. The Bertz CT molecular complexity index is 1400. The van der Waals surface area contributed by atoms with Crippen LogP contribution in [0.15, 0.2) is 54.7 Å². The van der Waals surface area contributed by atoms with Crippen LogP contribution in [0.1, 0.15) is 41.3 Å². The zero-order valence-electron chi connectivity index (χ0n) is 20.1. The zero-order valence-corrected chi connectivity index (χ0v) is 20.1. The van der Waals surface area contributed by atoms with E-state index in [1.807, 2.05) is 18.2 Å². The van der Waals surface area contributed by atoms with Gasteiger partial charge in [-0.05, 0) is 78.9 Å². The van der Waals surface area contributed by atoms with Crippen LogP contribution in [0.3, 0.4) is 0 Å². The number of H-pyrrole nitrogens is 1. The summed E-state index contributed by atoms with van der Waals surface area (Å²) in [7, 11) is 0. The van der Waals surface area contributed by atoms with E-state index in [0.717, 1.165) is 60.4 Å². The molecule has 5 rings (SSSR count). The van der Waals surface area contributed by atoms with Crippen molar-refractivity contribution in [2.45, 2.75) is 38.8 Å². The van der Waals surface area contributed by atoms with Crippen LogP contribution in [-0.2, 0) is 13.0 Å². The number of aromatic amines is 1. The number of carboxylic acid groups (broad SMARTS) is 1. The minimum Gasteiger partial charge on any atom is -0.478 e. The van der Waals surface area contributed by atoms with E-state index in [1.165, 1.54) is 18.3 Å². The number of aromatic carboxylic acids is 1. The summed E-state index contributed by atoms with van der Waals surface area (Å²) in [6.45, 7) is 3.93. The van der Waals surface area contributed by atoms with Gasteiger partial charge >= 0.3 is 5.97 Å². The third-order valence-electron chi connectivity index (χ3n) is 7.01. The fraction of sp³-hybridized carbons (Fsp3) is 0.286. The van der Waals surface area contributed by atoms with Gasteiger partial charge in [-0.1, -0.05) is 19.1 Å². The molecule has 2 aromatic carbocycles. The molecular weight excluding hydrogens is 459 g/mol. The van der Waals surface area contributed by atoms with E-state index in [4.69, 9.17) is 0 Å². The number of carbonyl (C=O) groups is 1. The summed E-state index contributed by atoms with van der Waals surface area (Å²) in [6.07, 6.45) is 4.19. The quantitative estimate of drug-likeness (QED) is 0.267. The SMILES string of the molecule is CCc1c(CN2CCC[C@@H]2CO)cccc1Nc1c(C(=O)O)cnc2[nH]c(-c3ccc(F)cc3)cc12. The van der Waals surface area contributed by atoms with Gasteiger partial charge in [-0.15, -0.1) is 0 Å². The smallest absolute Gasteiger partial charge is 0.339 e. The minimum atomic E-state index is -1.08. The van der Waals surface area contributed by atoms with Crippen LogP contribution in [0.25, 0.3) is 22.3 Å². The van der Waals surface area contributed by atoms with E-state index in [2.05, 4.69) is 33.2 Å². The third kappa shape index (κ3) is 4.57. The molecule has 0 saturated carbocycles. The molecule has 1 fully saturated rings. The molecule has 1 atom stereocenters. The number of aromatic nitrogens is 2. The van der Waals surface area contributed by atoms with Crippen molar-refractivity contribution in [1.29, 1.82) is 0 Å². The third-order valence-corrected chi connectivity index (χ3v) is 7.01. The predicted octanol–water partition coefficient (Wildman–Crippen LogP) is 5.33. The first kappa shape index (κ1) is 24.0. The number of hydrogen-bond acceptors (Lipinski definition) is 5. The lowest BCUT2D eigenvalue weighted by Crippen LogP contribution is -2.32. The van der Waals surface area contributed by atoms with Crippen LogP contribution in [0.2, 0.25) is 0 Å². The molecule has 7 nitrogen and oxygen atoms in total. The van der Waals surface area contributed by atoms with E-state index < -0.39 is 5.97 Å². The number of hydrogen-bond donors (Lipinski definition) is 4. The average molecular weight is 489 g/mol. The molecule has 4 N–H and O–H groups in total. The summed E-state index contributed by atoms with van der Waals surface area (Å²) in [5.74, 6) is -1.40. The number of pyridine rings is 1. The summed E-state index contributed by atoms with van der Waals surface area (Å²) in [5.41, 5.74) is 5.67. The molecule has 2 aromatic heterocycles. The van der Waals surface area contributed by atoms with Gasteiger partial charge in [0.2, 0.25) is 0 Å². The van der Waals surface area contributed by atoms with Crippen LogP contribution in [0, 0.1) is 5.82 Å². The fourth-order valence-electron chi connectivity index (χ4n) is 5.14. The van der Waals surface area contributed by atoms with Crippen LogP contribution in [-0.4, -0.2) is 50.2 Å². The summed E-state index contributed by atoms with van der Waals surface area (Å²) in [4.78, 5) is 22.0. The van der Waals surface area contributed by atoms with Gasteiger partial charge in [0, 0.05) is 35.6 Å². The normalized spacial score (nSPS) is 16.0. The lowest BCUT2D eigenvalue weighted by atomic mass is 10.0. The number of fused-ring (bicyclic) bond motifs is 1.